The van der Waals surface area contributed by atoms with Crippen molar-refractivity contribution < 1.29 is 24.6 Å². The Labute approximate surface area is 164 Å². The maximum Gasteiger partial charge on any atom is 0.326 e. The third-order valence-electron chi connectivity index (χ3n) is 5.33. The average Bonchev–Trinajstić information content (AvgIpc) is 3.16. The van der Waals surface area contributed by atoms with Crippen LogP contribution in [-0.2, 0) is 20.8 Å². The molecule has 1 aliphatic rings. The number of hydrogen-bond acceptors (Lipinski definition) is 5. The minimum absolute atomic E-state index is 0.128. The number of phenolic OH excluding ortho intramolecular Hbond substituents is 1. The number of aliphatic carboxylic acids is 1. The fourth-order valence-electron chi connectivity index (χ4n) is 3.39. The predicted molar refractivity (Wildman–Crippen MR) is 104 cm³/mol. The number of hydrogen-bond donors (Lipinski definition) is 4. The summed E-state index contributed by atoms with van der Waals surface area (Å²) in [4.78, 5) is 38.4. The number of phenols is 1. The van der Waals surface area contributed by atoms with Gasteiger partial charge in [-0.25, -0.2) is 4.79 Å². The van der Waals surface area contributed by atoms with Crippen molar-refractivity contribution in [3.8, 4) is 5.75 Å². The van der Waals surface area contributed by atoms with Crippen molar-refractivity contribution in [2.24, 2.45) is 11.7 Å². The highest BCUT2D eigenvalue weighted by atomic mass is 16.4. The number of carboxylic acids is 1. The standard InChI is InChI=1S/C20H29N3O5/c1-3-12(2)17(19(26)23-10-4-5-16(23)20(27)28)22-18(25)15(21)11-13-6-8-14(24)9-7-13/h6-9,12,15-17,24H,3-5,10-11,21H2,1-2H3,(H,22,25)(H,27,28)/t12-,15-,16-,17-/m0/s1. The summed E-state index contributed by atoms with van der Waals surface area (Å²) in [6.45, 7) is 4.13. The van der Waals surface area contributed by atoms with Crippen molar-refractivity contribution in [1.29, 1.82) is 0 Å². The second-order valence-electron chi connectivity index (χ2n) is 7.38. The smallest absolute Gasteiger partial charge is 0.326 e. The number of carbonyl (C=O) groups is 3. The number of aromatic hydroxyl groups is 1. The molecule has 8 heteroatoms. The fourth-order valence-corrected chi connectivity index (χ4v) is 3.39. The van der Waals surface area contributed by atoms with E-state index >= 15 is 0 Å². The van der Waals surface area contributed by atoms with Crippen molar-refractivity contribution in [2.45, 2.75) is 57.7 Å². The predicted octanol–water partition coefficient (Wildman–Crippen LogP) is 0.869. The highest BCUT2D eigenvalue weighted by molar-refractivity contribution is 5.92. The molecule has 1 saturated heterocycles. The summed E-state index contributed by atoms with van der Waals surface area (Å²) in [5.74, 6) is -1.89. The number of nitrogens with two attached hydrogens (primary N) is 1. The van der Waals surface area contributed by atoms with E-state index < -0.39 is 30.0 Å². The molecule has 1 aliphatic heterocycles. The van der Waals surface area contributed by atoms with Crippen LogP contribution < -0.4 is 11.1 Å². The molecule has 0 unspecified atom stereocenters. The monoisotopic (exact) mass is 391 g/mol. The van der Waals surface area contributed by atoms with Crippen molar-refractivity contribution in [2.75, 3.05) is 6.54 Å². The van der Waals surface area contributed by atoms with Crippen molar-refractivity contribution in [3.05, 3.63) is 29.8 Å². The second-order valence-corrected chi connectivity index (χ2v) is 7.38. The molecule has 8 nitrogen and oxygen atoms in total. The van der Waals surface area contributed by atoms with E-state index in [2.05, 4.69) is 5.32 Å². The highest BCUT2D eigenvalue weighted by Gasteiger charge is 2.39. The van der Waals surface area contributed by atoms with Crippen LogP contribution in [0.1, 0.15) is 38.7 Å². The Morgan fingerprint density at radius 1 is 1.29 bits per heavy atom. The van der Waals surface area contributed by atoms with Crippen LogP contribution in [0.3, 0.4) is 0 Å². The molecular weight excluding hydrogens is 362 g/mol. The molecule has 1 aromatic rings. The summed E-state index contributed by atoms with van der Waals surface area (Å²) >= 11 is 0. The van der Waals surface area contributed by atoms with Gasteiger partial charge in [0.2, 0.25) is 11.8 Å². The van der Waals surface area contributed by atoms with Crippen LogP contribution in [0.4, 0.5) is 0 Å². The minimum Gasteiger partial charge on any atom is -0.508 e. The Balaban J connectivity index is 2.08. The van der Waals surface area contributed by atoms with Gasteiger partial charge < -0.3 is 26.2 Å². The average molecular weight is 391 g/mol. The van der Waals surface area contributed by atoms with Gasteiger partial charge in [-0.15, -0.1) is 0 Å². The van der Waals surface area contributed by atoms with E-state index in [1.807, 2.05) is 13.8 Å². The van der Waals surface area contributed by atoms with E-state index in [-0.39, 0.29) is 24.0 Å². The van der Waals surface area contributed by atoms with Crippen molar-refractivity contribution in [1.82, 2.24) is 10.2 Å². The SMILES string of the molecule is CC[C@H](C)[C@H](NC(=O)[C@@H](N)Cc1ccc(O)cc1)C(=O)N1CCC[C@H]1C(=O)O. The first-order valence-corrected chi connectivity index (χ1v) is 9.61. The Morgan fingerprint density at radius 2 is 1.93 bits per heavy atom. The van der Waals surface area contributed by atoms with Gasteiger partial charge in [0.05, 0.1) is 6.04 Å². The van der Waals surface area contributed by atoms with Crippen LogP contribution in [-0.4, -0.2) is 57.6 Å². The fraction of sp³-hybridized carbons (Fsp3) is 0.550. The number of amides is 2. The lowest BCUT2D eigenvalue weighted by molar-refractivity contribution is -0.150. The number of nitrogens with zero attached hydrogens (tertiary/aromatic N) is 1. The van der Waals surface area contributed by atoms with Gasteiger partial charge in [-0.1, -0.05) is 32.4 Å². The summed E-state index contributed by atoms with van der Waals surface area (Å²) in [6, 6.07) is 3.88. The molecule has 0 aliphatic carbocycles. The van der Waals surface area contributed by atoms with Gasteiger partial charge in [0.25, 0.3) is 0 Å². The molecular formula is C20H29N3O5. The van der Waals surface area contributed by atoms with E-state index in [1.54, 1.807) is 12.1 Å². The largest absolute Gasteiger partial charge is 0.508 e. The molecule has 1 fully saturated rings. The van der Waals surface area contributed by atoms with Gasteiger partial charge in [-0.3, -0.25) is 9.59 Å². The maximum absolute atomic E-state index is 13.0. The molecule has 4 atom stereocenters. The van der Waals surface area contributed by atoms with Crippen molar-refractivity contribution in [3.63, 3.8) is 0 Å². The van der Waals surface area contributed by atoms with Crippen LogP contribution in [0, 0.1) is 5.92 Å². The van der Waals surface area contributed by atoms with Crippen LogP contribution in [0.15, 0.2) is 24.3 Å². The van der Waals surface area contributed by atoms with Gasteiger partial charge in [0, 0.05) is 6.54 Å². The minimum atomic E-state index is -1.02. The molecule has 5 N–H and O–H groups in total. The lowest BCUT2D eigenvalue weighted by Crippen LogP contribution is -2.57. The molecule has 0 bridgehead atoms. The highest BCUT2D eigenvalue weighted by Crippen LogP contribution is 2.21. The zero-order valence-electron chi connectivity index (χ0n) is 16.3. The maximum atomic E-state index is 13.0. The molecule has 2 amide bonds. The van der Waals surface area contributed by atoms with E-state index in [0.29, 0.717) is 25.8 Å². The normalized spacial score (nSPS) is 19.7. The molecule has 2 rings (SSSR count). The van der Waals surface area contributed by atoms with Gasteiger partial charge >= 0.3 is 5.97 Å². The lowest BCUT2D eigenvalue weighted by Gasteiger charge is -2.31. The van der Waals surface area contributed by atoms with E-state index in [4.69, 9.17) is 5.73 Å². The van der Waals surface area contributed by atoms with Crippen molar-refractivity contribution >= 4 is 17.8 Å². The summed E-state index contributed by atoms with van der Waals surface area (Å²) in [5, 5.41) is 21.4. The van der Waals surface area contributed by atoms with Gasteiger partial charge in [-0.05, 0) is 42.9 Å². The quantitative estimate of drug-likeness (QED) is 0.520. The number of nitrogens with one attached hydrogen (secondary N) is 1. The van der Waals surface area contributed by atoms with E-state index in [1.165, 1.54) is 17.0 Å². The number of carboxylic acid groups (broad SMARTS) is 1. The lowest BCUT2D eigenvalue weighted by atomic mass is 9.96. The molecule has 154 valence electrons. The molecule has 0 aromatic heterocycles. The second kappa shape index (κ2) is 9.54. The third kappa shape index (κ3) is 5.22. The Kier molecular flexibility index (Phi) is 7.39. The van der Waals surface area contributed by atoms with Crippen LogP contribution in [0.25, 0.3) is 0 Å². The van der Waals surface area contributed by atoms with Crippen LogP contribution >= 0.6 is 0 Å². The number of carbonyl (C=O) groups excluding carboxylic acids is 2. The van der Waals surface area contributed by atoms with E-state index in [9.17, 15) is 24.6 Å². The zero-order chi connectivity index (χ0) is 20.8. The molecule has 1 aromatic carbocycles. The summed E-state index contributed by atoms with van der Waals surface area (Å²) in [7, 11) is 0. The number of rotatable bonds is 8. The Morgan fingerprint density at radius 3 is 2.50 bits per heavy atom. The molecule has 0 saturated carbocycles. The third-order valence-corrected chi connectivity index (χ3v) is 5.33. The summed E-state index contributed by atoms with van der Waals surface area (Å²) in [6.07, 6.45) is 1.96. The first-order chi connectivity index (χ1) is 13.2. The first-order valence-electron chi connectivity index (χ1n) is 9.61. The van der Waals surface area contributed by atoms with Gasteiger partial charge in [0.1, 0.15) is 17.8 Å². The van der Waals surface area contributed by atoms with Crippen LogP contribution in [0.2, 0.25) is 0 Å². The summed E-state index contributed by atoms with van der Waals surface area (Å²) < 4.78 is 0. The molecule has 0 spiro atoms. The van der Waals surface area contributed by atoms with Gasteiger partial charge in [0.15, 0.2) is 0 Å². The Bertz CT molecular complexity index is 706. The first kappa shape index (κ1) is 21.7. The molecule has 1 heterocycles. The molecule has 28 heavy (non-hydrogen) atoms. The van der Waals surface area contributed by atoms with Crippen LogP contribution in [0.5, 0.6) is 5.75 Å². The summed E-state index contributed by atoms with van der Waals surface area (Å²) in [5.41, 5.74) is 6.80. The molecule has 0 radical (unpaired) electrons. The number of benzene rings is 1. The van der Waals surface area contributed by atoms with E-state index in [0.717, 1.165) is 5.56 Å². The Hall–Kier alpha value is -2.61. The topological polar surface area (TPSA) is 133 Å². The number of likely N-dealkylation sites (tertiary alicyclic amines) is 1. The zero-order valence-corrected chi connectivity index (χ0v) is 16.3. The van der Waals surface area contributed by atoms with Gasteiger partial charge in [-0.2, -0.15) is 0 Å².